The van der Waals surface area contributed by atoms with Crippen LogP contribution in [0.25, 0.3) is 0 Å². The van der Waals surface area contributed by atoms with Gasteiger partial charge in [-0.3, -0.25) is 0 Å². The van der Waals surface area contributed by atoms with E-state index >= 15 is 0 Å². The van der Waals surface area contributed by atoms with Gasteiger partial charge >= 0.3 is 5.97 Å². The number of hydrogen-bond donors (Lipinski definition) is 0. The van der Waals surface area contributed by atoms with E-state index in [1.807, 2.05) is 6.08 Å². The van der Waals surface area contributed by atoms with E-state index in [2.05, 4.69) is 91.6 Å². The molecule has 4 aliphatic heterocycles. The maximum absolute atomic E-state index is 13.3. The van der Waals surface area contributed by atoms with Gasteiger partial charge in [0.15, 0.2) is 8.32 Å². The molecule has 44 heavy (non-hydrogen) atoms. The van der Waals surface area contributed by atoms with Crippen molar-refractivity contribution in [1.82, 2.24) is 0 Å². The Balaban J connectivity index is 1.59. The van der Waals surface area contributed by atoms with Crippen LogP contribution in [0.2, 0.25) is 18.1 Å². The van der Waals surface area contributed by atoms with Crippen molar-refractivity contribution in [2.24, 2.45) is 11.8 Å². The molecule has 0 radical (unpaired) electrons. The normalized spacial score (nSPS) is 36.0. The van der Waals surface area contributed by atoms with E-state index in [0.29, 0.717) is 31.3 Å². The van der Waals surface area contributed by atoms with Crippen molar-refractivity contribution in [3.05, 3.63) is 60.3 Å². The van der Waals surface area contributed by atoms with Crippen molar-refractivity contribution < 1.29 is 28.2 Å². The number of rotatable bonds is 5. The van der Waals surface area contributed by atoms with E-state index in [9.17, 15) is 4.79 Å². The summed E-state index contributed by atoms with van der Waals surface area (Å²) in [5.41, 5.74) is 2.59. The van der Waals surface area contributed by atoms with E-state index in [-0.39, 0.29) is 41.5 Å². The lowest BCUT2D eigenvalue weighted by Gasteiger charge is -2.40. The number of esters is 1. The topological polar surface area (TPSA) is 66.5 Å². The minimum atomic E-state index is -2.22. The molecule has 1 saturated heterocycles. The number of carbonyl (C=O) groups excluding carboxylic acids is 1. The number of hydrogen-bond acceptors (Lipinski definition) is 6. The Morgan fingerprint density at radius 2 is 1.84 bits per heavy atom. The Kier molecular flexibility index (Phi) is 12.1. The van der Waals surface area contributed by atoms with E-state index in [1.165, 1.54) is 11.1 Å². The van der Waals surface area contributed by atoms with Crippen molar-refractivity contribution in [2.75, 3.05) is 6.61 Å². The summed E-state index contributed by atoms with van der Waals surface area (Å²) in [4.78, 5) is 13.3. The zero-order valence-electron chi connectivity index (χ0n) is 28.6. The fourth-order valence-electron chi connectivity index (χ4n) is 6.39. The summed E-state index contributed by atoms with van der Waals surface area (Å²) in [5, 5.41) is -0.00476. The third-order valence-electron chi connectivity index (χ3n) is 9.95. The van der Waals surface area contributed by atoms with Gasteiger partial charge in [0.2, 0.25) is 0 Å². The summed E-state index contributed by atoms with van der Waals surface area (Å²) in [6, 6.07) is 0. The van der Waals surface area contributed by atoms with E-state index in [4.69, 9.17) is 23.4 Å². The molecule has 246 valence electrons. The second-order valence-corrected chi connectivity index (χ2v) is 20.0. The largest absolute Gasteiger partial charge is 0.456 e. The van der Waals surface area contributed by atoms with E-state index in [1.54, 1.807) is 6.08 Å². The minimum absolute atomic E-state index is 0.00476. The quantitative estimate of drug-likeness (QED) is 0.132. The van der Waals surface area contributed by atoms with Crippen LogP contribution in [0.5, 0.6) is 0 Å². The molecule has 0 saturated carbocycles. The maximum Gasteiger partial charge on any atom is 0.330 e. The summed E-state index contributed by atoms with van der Waals surface area (Å²) in [7, 11) is -2.22. The van der Waals surface area contributed by atoms with Crippen LogP contribution in [0.4, 0.5) is 0 Å². The van der Waals surface area contributed by atoms with Crippen LogP contribution < -0.4 is 0 Å². The molecule has 4 aliphatic rings. The van der Waals surface area contributed by atoms with Crippen LogP contribution in [-0.2, 0) is 28.2 Å². The average Bonchev–Trinajstić information content (AvgIpc) is 3.69. The van der Waals surface area contributed by atoms with Crippen molar-refractivity contribution >= 4 is 14.3 Å². The van der Waals surface area contributed by atoms with Crippen LogP contribution in [-0.4, -0.2) is 63.6 Å². The van der Waals surface area contributed by atoms with Crippen molar-refractivity contribution in [2.45, 2.75) is 147 Å². The molecule has 9 atom stereocenters. The second-order valence-electron chi connectivity index (χ2n) is 15.3. The average molecular weight is 627 g/mol. The summed E-state index contributed by atoms with van der Waals surface area (Å²) in [5.74, 6) is 0.488. The molecular formula is C37H58O6Si. The second kappa shape index (κ2) is 15.2. The first kappa shape index (κ1) is 35.1. The molecule has 4 heterocycles. The van der Waals surface area contributed by atoms with Crippen molar-refractivity contribution in [1.29, 1.82) is 0 Å². The van der Waals surface area contributed by atoms with Gasteiger partial charge in [-0.25, -0.2) is 4.79 Å². The lowest BCUT2D eigenvalue weighted by Crippen LogP contribution is -2.47. The van der Waals surface area contributed by atoms with E-state index < -0.39 is 20.5 Å². The van der Waals surface area contributed by atoms with Gasteiger partial charge in [-0.2, -0.15) is 0 Å². The summed E-state index contributed by atoms with van der Waals surface area (Å²) in [6.45, 7) is 22.9. The highest BCUT2D eigenvalue weighted by atomic mass is 28.4. The number of cyclic esters (lactones) is 1. The first-order valence-electron chi connectivity index (χ1n) is 16.8. The standard InChI is InChI=1S/C37H58O6Si/c1-25-18-19-39-30(22-25)16-17-32(43-44(8,9)37(5,6)7)33-24-34-36(42-34)28(4)21-26(2)20-27(3)23-31-14-10-12-29(40-31)13-11-15-35(38)41-33/h10-12,15-18,27-34,36H,2,13-14,19-24H2,1,3-9H3/b15-11-,17-16+/t27-,28-,29-,30+,31-,32?,33-,34+,36+/m0/s1. The Labute approximate surface area is 268 Å². The molecule has 0 aromatic heterocycles. The molecule has 7 heteroatoms. The molecule has 6 nitrogen and oxygen atoms in total. The summed E-state index contributed by atoms with van der Waals surface area (Å²) < 4.78 is 31.9. The van der Waals surface area contributed by atoms with Crippen molar-refractivity contribution in [3.8, 4) is 0 Å². The fraction of sp³-hybridized carbons (Fsp3) is 0.703. The predicted octanol–water partition coefficient (Wildman–Crippen LogP) is 8.41. The molecular weight excluding hydrogens is 568 g/mol. The predicted molar refractivity (Wildman–Crippen MR) is 180 cm³/mol. The van der Waals surface area contributed by atoms with Crippen LogP contribution >= 0.6 is 0 Å². The lowest BCUT2D eigenvalue weighted by atomic mass is 9.88. The molecule has 4 rings (SSSR count). The Morgan fingerprint density at radius 3 is 2.57 bits per heavy atom. The number of allylic oxidation sites excluding steroid dienone is 1. The number of fused-ring (bicyclic) bond motifs is 3. The molecule has 0 aromatic carbocycles. The zero-order valence-corrected chi connectivity index (χ0v) is 29.6. The Hall–Kier alpha value is -1.77. The number of carbonyl (C=O) groups is 1. The van der Waals surface area contributed by atoms with Gasteiger partial charge in [0.25, 0.3) is 0 Å². The molecule has 0 N–H and O–H groups in total. The first-order valence-corrected chi connectivity index (χ1v) is 19.8. The molecule has 1 fully saturated rings. The van der Waals surface area contributed by atoms with Gasteiger partial charge in [-0.1, -0.05) is 88.8 Å². The molecule has 0 amide bonds. The van der Waals surface area contributed by atoms with Gasteiger partial charge in [0, 0.05) is 12.5 Å². The SMILES string of the molecule is C=C1C[C@H](C)C[C@@H]2CC=C[C@@H](C/C=C\C(=O)O[C@H](C(/C=C/[C@@H]3CC(C)=CCO3)O[Si](C)(C)C(C)(C)C)C[C@H]3O[C@@H]3[C@@H](C)C1)O2. The molecule has 0 aromatic rings. The minimum Gasteiger partial charge on any atom is -0.456 e. The van der Waals surface area contributed by atoms with Crippen LogP contribution in [0.3, 0.4) is 0 Å². The Morgan fingerprint density at radius 1 is 1.07 bits per heavy atom. The van der Waals surface area contributed by atoms with Gasteiger partial charge in [0.05, 0.1) is 37.1 Å². The Bertz CT molecular complexity index is 1110. The highest BCUT2D eigenvalue weighted by Crippen LogP contribution is 2.41. The van der Waals surface area contributed by atoms with Crippen molar-refractivity contribution in [3.63, 3.8) is 0 Å². The summed E-state index contributed by atoms with van der Waals surface area (Å²) >= 11 is 0. The first-order chi connectivity index (χ1) is 20.7. The number of ether oxygens (including phenoxy) is 4. The molecule has 2 bridgehead atoms. The monoisotopic (exact) mass is 626 g/mol. The highest BCUT2D eigenvalue weighted by molar-refractivity contribution is 6.74. The van der Waals surface area contributed by atoms with Gasteiger partial charge in [0.1, 0.15) is 12.2 Å². The fourth-order valence-corrected chi connectivity index (χ4v) is 7.66. The van der Waals surface area contributed by atoms with Crippen LogP contribution in [0, 0.1) is 11.8 Å². The van der Waals surface area contributed by atoms with Gasteiger partial charge < -0.3 is 23.4 Å². The van der Waals surface area contributed by atoms with Crippen LogP contribution in [0.1, 0.15) is 86.5 Å². The number of epoxide rings is 1. The van der Waals surface area contributed by atoms with Gasteiger partial charge in [-0.05, 0) is 75.4 Å². The van der Waals surface area contributed by atoms with Crippen LogP contribution in [0.15, 0.2) is 60.3 Å². The van der Waals surface area contributed by atoms with Gasteiger partial charge in [-0.15, -0.1) is 0 Å². The molecule has 0 aliphatic carbocycles. The third-order valence-corrected chi connectivity index (χ3v) is 14.4. The lowest BCUT2D eigenvalue weighted by molar-refractivity contribution is -0.147. The smallest absolute Gasteiger partial charge is 0.330 e. The summed E-state index contributed by atoms with van der Waals surface area (Å²) in [6.07, 6.45) is 19.4. The highest BCUT2D eigenvalue weighted by Gasteiger charge is 2.47. The molecule has 0 spiro atoms. The third kappa shape index (κ3) is 10.4. The maximum atomic E-state index is 13.3. The zero-order chi connectivity index (χ0) is 32.1. The molecule has 1 unspecified atom stereocenters. The van der Waals surface area contributed by atoms with E-state index in [0.717, 1.165) is 32.1 Å².